The molecule has 2 fully saturated rings. The van der Waals surface area contributed by atoms with Crippen LogP contribution in [0, 0.1) is 16.7 Å². The smallest absolute Gasteiger partial charge is 0.263 e. The molecule has 196 valence electrons. The normalized spacial score (nSPS) is 22.7. The predicted octanol–water partition coefficient (Wildman–Crippen LogP) is 4.95. The molecule has 0 bridgehead atoms. The number of sulfonamides is 1. The first-order valence-corrected chi connectivity index (χ1v) is 14.2. The number of carbonyl (C=O) groups excluding carboxylic acids is 1. The second kappa shape index (κ2) is 8.70. The maximum atomic E-state index is 14.3. The number of hydrogen-bond acceptors (Lipinski definition) is 5. The summed E-state index contributed by atoms with van der Waals surface area (Å²) in [5.41, 5.74) is -0.488. The SMILES string of the molecule is N#CC1(CS(=O)(=O)N2Cc3ccc(Cl)cc3C3(CCN(c4cncc5ccc(C(F)F)cc45)C3=O)C2)CC1. The largest absolute Gasteiger partial charge is 0.309 e. The van der Waals surface area contributed by atoms with Gasteiger partial charge >= 0.3 is 0 Å². The Kier molecular flexibility index (Phi) is 5.76. The molecule has 1 spiro atoms. The van der Waals surface area contributed by atoms with Crippen molar-refractivity contribution in [3.63, 3.8) is 0 Å². The van der Waals surface area contributed by atoms with Crippen LogP contribution in [0.15, 0.2) is 48.8 Å². The fourth-order valence-electron chi connectivity index (χ4n) is 5.75. The van der Waals surface area contributed by atoms with Crippen LogP contribution in [-0.2, 0) is 26.8 Å². The van der Waals surface area contributed by atoms with Gasteiger partial charge in [0.1, 0.15) is 0 Å². The van der Waals surface area contributed by atoms with Crippen LogP contribution >= 0.6 is 11.6 Å². The van der Waals surface area contributed by atoms with Gasteiger partial charge in [-0.25, -0.2) is 17.2 Å². The van der Waals surface area contributed by atoms with E-state index >= 15 is 0 Å². The third kappa shape index (κ3) is 3.96. The minimum atomic E-state index is -3.85. The Bertz CT molecular complexity index is 1640. The van der Waals surface area contributed by atoms with Crippen molar-refractivity contribution in [2.45, 2.75) is 37.6 Å². The van der Waals surface area contributed by atoms with Crippen LogP contribution in [0.4, 0.5) is 14.5 Å². The Balaban J connectivity index is 1.43. The number of hydrogen-bond donors (Lipinski definition) is 0. The molecule has 1 unspecified atom stereocenters. The summed E-state index contributed by atoms with van der Waals surface area (Å²) in [6.45, 7) is 0.249. The van der Waals surface area contributed by atoms with Gasteiger partial charge < -0.3 is 4.90 Å². The van der Waals surface area contributed by atoms with E-state index in [1.165, 1.54) is 27.5 Å². The fourth-order valence-corrected chi connectivity index (χ4v) is 7.91. The standard InChI is InChI=1S/C27H23ClF2N4O3S/c28-20-4-3-19-13-33(38(36,37)16-26(14-31)5-6-26)15-27(22(19)10-20)7-8-34(25(27)35)23-12-32-11-18-2-1-17(24(29)30)9-21(18)23/h1-4,9-12,24H,5-8,13,15-16H2. The topological polar surface area (TPSA) is 94.4 Å². The molecule has 7 nitrogen and oxygen atoms in total. The molecule has 3 heterocycles. The summed E-state index contributed by atoms with van der Waals surface area (Å²) in [4.78, 5) is 20.0. The molecule has 1 atom stereocenters. The van der Waals surface area contributed by atoms with Gasteiger partial charge in [0.25, 0.3) is 6.43 Å². The number of fused-ring (bicyclic) bond motifs is 3. The number of aromatic nitrogens is 1. The number of amides is 1. The number of nitrogens with zero attached hydrogens (tertiary/aromatic N) is 4. The van der Waals surface area contributed by atoms with Gasteiger partial charge in [-0.2, -0.15) is 9.57 Å². The van der Waals surface area contributed by atoms with Crippen LogP contribution < -0.4 is 4.90 Å². The molecule has 11 heteroatoms. The highest BCUT2D eigenvalue weighted by atomic mass is 35.5. The van der Waals surface area contributed by atoms with Gasteiger partial charge in [0.2, 0.25) is 15.9 Å². The summed E-state index contributed by atoms with van der Waals surface area (Å²) in [7, 11) is -3.85. The number of rotatable bonds is 5. The summed E-state index contributed by atoms with van der Waals surface area (Å²) >= 11 is 6.33. The molecule has 3 aromatic rings. The minimum absolute atomic E-state index is 0.0823. The molecule has 2 aromatic carbocycles. The zero-order valence-electron chi connectivity index (χ0n) is 20.2. The summed E-state index contributed by atoms with van der Waals surface area (Å²) in [5.74, 6) is -0.615. The lowest BCUT2D eigenvalue weighted by Crippen LogP contribution is -2.53. The van der Waals surface area contributed by atoms with Crippen LogP contribution in [-0.4, -0.2) is 42.5 Å². The molecule has 1 saturated heterocycles. The Morgan fingerprint density at radius 3 is 2.63 bits per heavy atom. The van der Waals surface area contributed by atoms with Crippen molar-refractivity contribution < 1.29 is 22.0 Å². The number of pyridine rings is 1. The zero-order valence-corrected chi connectivity index (χ0v) is 21.8. The predicted molar refractivity (Wildman–Crippen MR) is 138 cm³/mol. The number of carbonyl (C=O) groups is 1. The number of benzene rings is 2. The van der Waals surface area contributed by atoms with Gasteiger partial charge in [-0.15, -0.1) is 0 Å². The second-order valence-electron chi connectivity index (χ2n) is 10.4. The van der Waals surface area contributed by atoms with E-state index in [4.69, 9.17) is 11.6 Å². The van der Waals surface area contributed by atoms with Crippen LogP contribution in [0.2, 0.25) is 5.02 Å². The van der Waals surface area contributed by atoms with Crippen molar-refractivity contribution in [3.8, 4) is 6.07 Å². The van der Waals surface area contributed by atoms with Gasteiger partial charge in [-0.05, 0) is 48.6 Å². The van der Waals surface area contributed by atoms with Gasteiger partial charge in [0, 0.05) is 47.2 Å². The maximum absolute atomic E-state index is 14.3. The van der Waals surface area contributed by atoms with E-state index in [-0.39, 0.29) is 36.9 Å². The Morgan fingerprint density at radius 1 is 1.13 bits per heavy atom. The molecule has 2 aliphatic heterocycles. The average Bonchev–Trinajstić information content (AvgIpc) is 3.59. The molecule has 1 aliphatic carbocycles. The third-order valence-corrected chi connectivity index (χ3v) is 10.2. The minimum Gasteiger partial charge on any atom is -0.309 e. The first-order chi connectivity index (χ1) is 18.1. The van der Waals surface area contributed by atoms with Crippen LogP contribution in [0.25, 0.3) is 10.8 Å². The quantitative estimate of drug-likeness (QED) is 0.443. The first kappa shape index (κ1) is 25.2. The van der Waals surface area contributed by atoms with Crippen molar-refractivity contribution >= 4 is 44.0 Å². The van der Waals surface area contributed by atoms with Gasteiger partial charge in [-0.1, -0.05) is 29.8 Å². The monoisotopic (exact) mass is 556 g/mol. The van der Waals surface area contributed by atoms with E-state index in [2.05, 4.69) is 11.1 Å². The first-order valence-electron chi connectivity index (χ1n) is 12.2. The van der Waals surface area contributed by atoms with Gasteiger partial charge in [0.15, 0.2) is 0 Å². The molecule has 1 amide bonds. The van der Waals surface area contributed by atoms with E-state index in [9.17, 15) is 27.3 Å². The summed E-state index contributed by atoms with van der Waals surface area (Å²) in [5, 5.41) is 11.0. The molecule has 6 rings (SSSR count). The highest BCUT2D eigenvalue weighted by Crippen LogP contribution is 2.49. The lowest BCUT2D eigenvalue weighted by atomic mass is 9.74. The van der Waals surface area contributed by atoms with Crippen LogP contribution in [0.3, 0.4) is 0 Å². The number of anilines is 1. The molecule has 0 radical (unpaired) electrons. The van der Waals surface area contributed by atoms with Crippen molar-refractivity contribution in [1.29, 1.82) is 5.26 Å². The molecule has 38 heavy (non-hydrogen) atoms. The Morgan fingerprint density at radius 2 is 1.92 bits per heavy atom. The summed E-state index contributed by atoms with van der Waals surface area (Å²) in [6.07, 6.45) is 1.74. The highest BCUT2D eigenvalue weighted by Gasteiger charge is 2.56. The molecular weight excluding hydrogens is 534 g/mol. The van der Waals surface area contributed by atoms with E-state index in [1.807, 2.05) is 0 Å². The number of alkyl halides is 2. The van der Waals surface area contributed by atoms with Crippen molar-refractivity contribution in [1.82, 2.24) is 9.29 Å². The summed E-state index contributed by atoms with van der Waals surface area (Å²) < 4.78 is 55.3. The van der Waals surface area contributed by atoms with Crippen molar-refractivity contribution in [2.24, 2.45) is 5.41 Å². The van der Waals surface area contributed by atoms with Gasteiger partial charge in [-0.3, -0.25) is 9.78 Å². The zero-order chi connectivity index (χ0) is 26.9. The molecule has 1 aromatic heterocycles. The van der Waals surface area contributed by atoms with E-state index in [1.54, 1.807) is 30.5 Å². The molecular formula is C27H23ClF2N4O3S. The van der Waals surface area contributed by atoms with Crippen LogP contribution in [0.1, 0.15) is 42.4 Å². The fraction of sp³-hybridized carbons (Fsp3) is 0.370. The highest BCUT2D eigenvalue weighted by molar-refractivity contribution is 7.89. The summed E-state index contributed by atoms with van der Waals surface area (Å²) in [6, 6.07) is 11.5. The Hall–Kier alpha value is -3.13. The lowest BCUT2D eigenvalue weighted by molar-refractivity contribution is -0.122. The molecule has 3 aliphatic rings. The van der Waals surface area contributed by atoms with E-state index in [0.29, 0.717) is 51.9 Å². The number of halogens is 3. The van der Waals surface area contributed by atoms with Crippen molar-refractivity contribution in [3.05, 3.63) is 70.5 Å². The molecule has 1 saturated carbocycles. The lowest BCUT2D eigenvalue weighted by Gasteiger charge is -2.40. The average molecular weight is 557 g/mol. The second-order valence-corrected chi connectivity index (χ2v) is 12.9. The van der Waals surface area contributed by atoms with Crippen molar-refractivity contribution in [2.75, 3.05) is 23.7 Å². The maximum Gasteiger partial charge on any atom is 0.263 e. The molecule has 0 N–H and O–H groups in total. The third-order valence-electron chi connectivity index (χ3n) is 8.05. The van der Waals surface area contributed by atoms with Gasteiger partial charge in [0.05, 0.1) is 34.5 Å². The van der Waals surface area contributed by atoms with E-state index < -0.39 is 27.3 Å². The van der Waals surface area contributed by atoms with Crippen LogP contribution in [0.5, 0.6) is 0 Å². The Labute approximate surface area is 223 Å². The number of nitriles is 1. The van der Waals surface area contributed by atoms with E-state index in [0.717, 1.165) is 0 Å².